The van der Waals surface area contributed by atoms with E-state index in [1.807, 2.05) is 41.4 Å². The van der Waals surface area contributed by atoms with Crippen molar-refractivity contribution in [3.05, 3.63) is 63.9 Å². The van der Waals surface area contributed by atoms with Gasteiger partial charge in [0.2, 0.25) is 0 Å². The van der Waals surface area contributed by atoms with Gasteiger partial charge in [0.25, 0.3) is 5.91 Å². The molecule has 0 radical (unpaired) electrons. The quantitative estimate of drug-likeness (QED) is 0.796. The first-order valence-electron chi connectivity index (χ1n) is 8.06. The van der Waals surface area contributed by atoms with Crippen molar-refractivity contribution in [2.24, 2.45) is 0 Å². The highest BCUT2D eigenvalue weighted by Crippen LogP contribution is 2.31. The van der Waals surface area contributed by atoms with Gasteiger partial charge in [-0.05, 0) is 55.3 Å². The number of rotatable bonds is 3. The molecule has 0 bridgehead atoms. The van der Waals surface area contributed by atoms with E-state index in [2.05, 4.69) is 15.4 Å². The maximum atomic E-state index is 12.5. The van der Waals surface area contributed by atoms with Crippen LogP contribution >= 0.6 is 11.3 Å². The molecule has 4 rings (SSSR count). The standard InChI is InChI=1S/C18H18N4OS/c1-12-7-10-24-17(12)18(23)21-15-3-2-4-16-14(15)11-20-22(16)13-5-8-19-9-6-13/h5-11,15H,2-4H2,1H3,(H,21,23)/t15-/m0/s1. The molecule has 1 amide bonds. The number of nitrogens with zero attached hydrogens (tertiary/aromatic N) is 3. The second kappa shape index (κ2) is 6.20. The largest absolute Gasteiger partial charge is 0.344 e. The highest BCUT2D eigenvalue weighted by Gasteiger charge is 2.26. The van der Waals surface area contributed by atoms with Crippen molar-refractivity contribution in [2.45, 2.75) is 32.2 Å². The van der Waals surface area contributed by atoms with Crippen molar-refractivity contribution in [1.82, 2.24) is 20.1 Å². The Labute approximate surface area is 144 Å². The van der Waals surface area contributed by atoms with E-state index in [0.717, 1.165) is 41.0 Å². The Balaban J connectivity index is 1.62. The first-order valence-corrected chi connectivity index (χ1v) is 8.94. The number of thiophene rings is 1. The van der Waals surface area contributed by atoms with Gasteiger partial charge >= 0.3 is 0 Å². The monoisotopic (exact) mass is 338 g/mol. The lowest BCUT2D eigenvalue weighted by Gasteiger charge is -2.24. The molecule has 24 heavy (non-hydrogen) atoms. The molecule has 0 aliphatic heterocycles. The minimum atomic E-state index is 0.0111. The molecule has 0 saturated carbocycles. The lowest BCUT2D eigenvalue weighted by Crippen LogP contribution is -2.30. The van der Waals surface area contributed by atoms with Gasteiger partial charge in [-0.3, -0.25) is 9.78 Å². The van der Waals surface area contributed by atoms with Gasteiger partial charge in [0.15, 0.2) is 0 Å². The SMILES string of the molecule is Cc1ccsc1C(=O)N[C@H]1CCCc2c1cnn2-c1ccncc1. The maximum absolute atomic E-state index is 12.5. The van der Waals surface area contributed by atoms with Crippen LogP contribution in [-0.4, -0.2) is 20.7 Å². The number of hydrogen-bond donors (Lipinski definition) is 1. The summed E-state index contributed by atoms with van der Waals surface area (Å²) in [7, 11) is 0. The van der Waals surface area contributed by atoms with Gasteiger partial charge in [0.05, 0.1) is 22.8 Å². The van der Waals surface area contributed by atoms with Crippen molar-refractivity contribution < 1.29 is 4.79 Å². The Morgan fingerprint density at radius 2 is 2.17 bits per heavy atom. The zero-order chi connectivity index (χ0) is 16.5. The summed E-state index contributed by atoms with van der Waals surface area (Å²) in [5, 5.41) is 9.69. The first-order chi connectivity index (χ1) is 11.7. The lowest BCUT2D eigenvalue weighted by atomic mass is 9.92. The predicted octanol–water partition coefficient (Wildman–Crippen LogP) is 3.44. The summed E-state index contributed by atoms with van der Waals surface area (Å²) in [6, 6.07) is 5.90. The van der Waals surface area contributed by atoms with Gasteiger partial charge < -0.3 is 5.32 Å². The summed E-state index contributed by atoms with van der Waals surface area (Å²) in [6.45, 7) is 1.97. The topological polar surface area (TPSA) is 59.8 Å². The van der Waals surface area contributed by atoms with Crippen LogP contribution in [0.1, 0.15) is 45.4 Å². The molecule has 3 heterocycles. The molecule has 1 N–H and O–H groups in total. The van der Waals surface area contributed by atoms with E-state index in [1.165, 1.54) is 17.0 Å². The second-order valence-corrected chi connectivity index (χ2v) is 6.93. The molecule has 0 unspecified atom stereocenters. The number of pyridine rings is 1. The van der Waals surface area contributed by atoms with Crippen LogP contribution in [0, 0.1) is 6.92 Å². The minimum absolute atomic E-state index is 0.0111. The van der Waals surface area contributed by atoms with E-state index < -0.39 is 0 Å². The third-order valence-electron chi connectivity index (χ3n) is 4.46. The molecule has 122 valence electrons. The Morgan fingerprint density at radius 3 is 2.92 bits per heavy atom. The molecule has 0 fully saturated rings. The molecule has 5 nitrogen and oxygen atoms in total. The lowest BCUT2D eigenvalue weighted by molar-refractivity contribution is 0.0936. The number of aromatic nitrogens is 3. The van der Waals surface area contributed by atoms with Crippen LogP contribution in [0.4, 0.5) is 0 Å². The summed E-state index contributed by atoms with van der Waals surface area (Å²) < 4.78 is 1.96. The average Bonchev–Trinajstić information content (AvgIpc) is 3.22. The van der Waals surface area contributed by atoms with Gasteiger partial charge in [0, 0.05) is 23.7 Å². The second-order valence-electron chi connectivity index (χ2n) is 6.01. The van der Waals surface area contributed by atoms with E-state index in [9.17, 15) is 4.79 Å². The molecule has 3 aromatic rings. The fraction of sp³-hybridized carbons (Fsp3) is 0.278. The Bertz CT molecular complexity index is 868. The van der Waals surface area contributed by atoms with E-state index in [-0.39, 0.29) is 11.9 Å². The average molecular weight is 338 g/mol. The Kier molecular flexibility index (Phi) is 3.90. The number of amides is 1. The number of aryl methyl sites for hydroxylation is 1. The van der Waals surface area contributed by atoms with Crippen molar-refractivity contribution in [3.8, 4) is 5.69 Å². The van der Waals surface area contributed by atoms with E-state index >= 15 is 0 Å². The van der Waals surface area contributed by atoms with Crippen LogP contribution in [0.25, 0.3) is 5.69 Å². The van der Waals surface area contributed by atoms with Crippen LogP contribution in [0.5, 0.6) is 0 Å². The van der Waals surface area contributed by atoms with Crippen LogP contribution < -0.4 is 5.32 Å². The van der Waals surface area contributed by atoms with Crippen LogP contribution in [0.2, 0.25) is 0 Å². The van der Waals surface area contributed by atoms with Gasteiger partial charge in [-0.2, -0.15) is 5.10 Å². The Morgan fingerprint density at radius 1 is 1.33 bits per heavy atom. The first kappa shape index (κ1) is 15.1. The normalized spacial score (nSPS) is 16.6. The highest BCUT2D eigenvalue weighted by atomic mass is 32.1. The highest BCUT2D eigenvalue weighted by molar-refractivity contribution is 7.12. The van der Waals surface area contributed by atoms with E-state index in [0.29, 0.717) is 0 Å². The van der Waals surface area contributed by atoms with E-state index in [1.54, 1.807) is 12.4 Å². The van der Waals surface area contributed by atoms with E-state index in [4.69, 9.17) is 0 Å². The summed E-state index contributed by atoms with van der Waals surface area (Å²) in [6.07, 6.45) is 8.39. The van der Waals surface area contributed by atoms with Crippen LogP contribution in [-0.2, 0) is 6.42 Å². The van der Waals surface area contributed by atoms with Crippen molar-refractivity contribution in [1.29, 1.82) is 0 Å². The summed E-state index contributed by atoms with van der Waals surface area (Å²) in [4.78, 5) is 17.4. The fourth-order valence-electron chi connectivity index (χ4n) is 3.24. The molecule has 1 aliphatic rings. The summed E-state index contributed by atoms with van der Waals surface area (Å²) in [5.41, 5.74) is 4.34. The summed E-state index contributed by atoms with van der Waals surface area (Å²) >= 11 is 1.49. The molecular weight excluding hydrogens is 320 g/mol. The van der Waals surface area contributed by atoms with Gasteiger partial charge in [-0.1, -0.05) is 0 Å². The van der Waals surface area contributed by atoms with Crippen molar-refractivity contribution >= 4 is 17.2 Å². The van der Waals surface area contributed by atoms with Gasteiger partial charge in [-0.15, -0.1) is 11.3 Å². The smallest absolute Gasteiger partial charge is 0.262 e. The maximum Gasteiger partial charge on any atom is 0.262 e. The molecule has 0 saturated heterocycles. The van der Waals surface area contributed by atoms with Crippen LogP contribution in [0.15, 0.2) is 42.2 Å². The minimum Gasteiger partial charge on any atom is -0.344 e. The Hall–Kier alpha value is -2.47. The van der Waals surface area contributed by atoms with Gasteiger partial charge in [-0.25, -0.2) is 4.68 Å². The van der Waals surface area contributed by atoms with Crippen LogP contribution in [0.3, 0.4) is 0 Å². The third kappa shape index (κ3) is 2.63. The molecular formula is C18H18N4OS. The fourth-order valence-corrected chi connectivity index (χ4v) is 4.07. The molecule has 3 aromatic heterocycles. The number of carbonyl (C=O) groups excluding carboxylic acids is 1. The molecule has 0 aromatic carbocycles. The predicted molar refractivity (Wildman–Crippen MR) is 93.6 cm³/mol. The molecule has 1 aliphatic carbocycles. The van der Waals surface area contributed by atoms with Gasteiger partial charge in [0.1, 0.15) is 0 Å². The third-order valence-corrected chi connectivity index (χ3v) is 5.48. The number of hydrogen-bond acceptors (Lipinski definition) is 4. The molecule has 0 spiro atoms. The number of nitrogens with one attached hydrogen (secondary N) is 1. The van der Waals surface area contributed by atoms with Crippen molar-refractivity contribution in [2.75, 3.05) is 0 Å². The zero-order valence-corrected chi connectivity index (χ0v) is 14.2. The van der Waals surface area contributed by atoms with Crippen molar-refractivity contribution in [3.63, 3.8) is 0 Å². The number of carbonyl (C=O) groups is 1. The summed E-state index contributed by atoms with van der Waals surface area (Å²) in [5.74, 6) is 0.0111. The number of fused-ring (bicyclic) bond motifs is 1. The molecule has 1 atom stereocenters. The molecule has 6 heteroatoms. The zero-order valence-electron chi connectivity index (χ0n) is 13.4.